The molecule has 1 aliphatic heterocycles. The first-order valence-electron chi connectivity index (χ1n) is 11.3. The first kappa shape index (κ1) is 24.9. The normalized spacial score (nSPS) is 16.2. The maximum Gasteiger partial charge on any atom is 0.223 e. The Morgan fingerprint density at radius 3 is 2.31 bits per heavy atom. The highest BCUT2D eigenvalue weighted by molar-refractivity contribution is 6.35. The van der Waals surface area contributed by atoms with Crippen molar-refractivity contribution in [1.82, 2.24) is 10.2 Å². The number of hydrogen-bond acceptors (Lipinski definition) is 3. The summed E-state index contributed by atoms with van der Waals surface area (Å²) in [7, 11) is 1.71. The molecule has 1 aliphatic rings. The van der Waals surface area contributed by atoms with Crippen LogP contribution >= 0.6 is 23.2 Å². The van der Waals surface area contributed by atoms with E-state index in [1.165, 1.54) is 5.56 Å². The minimum absolute atomic E-state index is 0.0264. The van der Waals surface area contributed by atoms with Crippen molar-refractivity contribution in [3.63, 3.8) is 0 Å². The highest BCUT2D eigenvalue weighted by Gasteiger charge is 2.27. The van der Waals surface area contributed by atoms with Crippen LogP contribution in [0.2, 0.25) is 10.0 Å². The van der Waals surface area contributed by atoms with Crippen molar-refractivity contribution in [2.45, 2.75) is 59.0 Å². The molecule has 1 atom stereocenters. The Labute approximate surface area is 202 Å². The van der Waals surface area contributed by atoms with Gasteiger partial charge in [-0.15, -0.1) is 0 Å². The Balaban J connectivity index is 1.60. The first-order valence-corrected chi connectivity index (χ1v) is 12.1. The minimum Gasteiger partial charge on any atom is -0.496 e. The van der Waals surface area contributed by atoms with E-state index in [1.54, 1.807) is 7.11 Å². The van der Waals surface area contributed by atoms with Crippen LogP contribution in [-0.4, -0.2) is 31.0 Å². The molecule has 1 heterocycles. The molecule has 1 saturated heterocycles. The van der Waals surface area contributed by atoms with Crippen LogP contribution in [-0.2, 0) is 11.3 Å². The lowest BCUT2D eigenvalue weighted by atomic mass is 9.92. The second kappa shape index (κ2) is 10.9. The molecular formula is C26H34Cl2N2O2. The number of aryl methyl sites for hydroxylation is 1. The Hall–Kier alpha value is -1.75. The molecular weight excluding hydrogens is 443 g/mol. The van der Waals surface area contributed by atoms with Crippen molar-refractivity contribution in [2.75, 3.05) is 20.2 Å². The highest BCUT2D eigenvalue weighted by atomic mass is 35.5. The third-order valence-electron chi connectivity index (χ3n) is 6.47. The maximum absolute atomic E-state index is 13.0. The molecule has 0 spiro atoms. The number of nitrogens with zero attached hydrogens (tertiary/aromatic N) is 1. The average Bonchev–Trinajstić information content (AvgIpc) is 2.76. The number of rotatable bonds is 7. The third-order valence-corrected chi connectivity index (χ3v) is 7.18. The number of benzene rings is 2. The largest absolute Gasteiger partial charge is 0.496 e. The molecule has 0 radical (unpaired) electrons. The van der Waals surface area contributed by atoms with Gasteiger partial charge in [0.2, 0.25) is 5.91 Å². The van der Waals surface area contributed by atoms with E-state index in [1.807, 2.05) is 18.2 Å². The molecule has 1 N–H and O–H groups in total. The molecule has 1 fully saturated rings. The Bertz CT molecular complexity index is 933. The van der Waals surface area contributed by atoms with Gasteiger partial charge in [0.1, 0.15) is 5.75 Å². The lowest BCUT2D eigenvalue weighted by molar-refractivity contribution is -0.127. The zero-order chi connectivity index (χ0) is 23.4. The van der Waals surface area contributed by atoms with Gasteiger partial charge < -0.3 is 10.1 Å². The van der Waals surface area contributed by atoms with E-state index < -0.39 is 0 Å². The van der Waals surface area contributed by atoms with Crippen molar-refractivity contribution in [3.8, 4) is 5.75 Å². The smallest absolute Gasteiger partial charge is 0.223 e. The first-order chi connectivity index (χ1) is 15.2. The van der Waals surface area contributed by atoms with Crippen LogP contribution in [0.4, 0.5) is 0 Å². The number of ether oxygens (including phenoxy) is 1. The predicted octanol–water partition coefficient (Wildman–Crippen LogP) is 6.52. The van der Waals surface area contributed by atoms with Crippen LogP contribution in [0.15, 0.2) is 30.3 Å². The number of carbonyl (C=O) groups is 1. The quantitative estimate of drug-likeness (QED) is 0.494. The molecule has 174 valence electrons. The predicted molar refractivity (Wildman–Crippen MR) is 133 cm³/mol. The summed E-state index contributed by atoms with van der Waals surface area (Å²) in [6.07, 6.45) is 1.67. The summed E-state index contributed by atoms with van der Waals surface area (Å²) in [5.41, 5.74) is 4.41. The number of carbonyl (C=O) groups excluding carboxylic acids is 1. The van der Waals surface area contributed by atoms with Gasteiger partial charge >= 0.3 is 0 Å². The molecule has 2 aromatic carbocycles. The van der Waals surface area contributed by atoms with Crippen LogP contribution in [0.3, 0.4) is 0 Å². The van der Waals surface area contributed by atoms with Gasteiger partial charge in [-0.2, -0.15) is 0 Å². The summed E-state index contributed by atoms with van der Waals surface area (Å²) in [6, 6.07) is 9.81. The minimum atomic E-state index is -0.0501. The van der Waals surface area contributed by atoms with E-state index in [2.05, 4.69) is 50.0 Å². The Morgan fingerprint density at radius 1 is 1.12 bits per heavy atom. The molecule has 2 aromatic rings. The fourth-order valence-electron chi connectivity index (χ4n) is 4.48. The van der Waals surface area contributed by atoms with Crippen LogP contribution in [0, 0.1) is 12.8 Å². The number of piperidine rings is 1. The van der Waals surface area contributed by atoms with E-state index in [4.69, 9.17) is 27.9 Å². The molecule has 32 heavy (non-hydrogen) atoms. The third kappa shape index (κ3) is 5.78. The van der Waals surface area contributed by atoms with Gasteiger partial charge in [0.05, 0.1) is 13.2 Å². The molecule has 6 heteroatoms. The fourth-order valence-corrected chi connectivity index (χ4v) is 5.00. The Kier molecular flexibility index (Phi) is 8.49. The summed E-state index contributed by atoms with van der Waals surface area (Å²) in [5, 5.41) is 4.64. The van der Waals surface area contributed by atoms with Gasteiger partial charge in [0.15, 0.2) is 0 Å². The van der Waals surface area contributed by atoms with Crippen molar-refractivity contribution >= 4 is 29.1 Å². The zero-order valence-electron chi connectivity index (χ0n) is 19.7. The summed E-state index contributed by atoms with van der Waals surface area (Å²) in [5.74, 6) is 1.42. The zero-order valence-corrected chi connectivity index (χ0v) is 21.2. The highest BCUT2D eigenvalue weighted by Crippen LogP contribution is 2.33. The van der Waals surface area contributed by atoms with E-state index in [-0.39, 0.29) is 17.9 Å². The van der Waals surface area contributed by atoms with Gasteiger partial charge in [-0.25, -0.2) is 0 Å². The van der Waals surface area contributed by atoms with Crippen molar-refractivity contribution in [2.24, 2.45) is 5.92 Å². The fraction of sp³-hybridized carbons (Fsp3) is 0.500. The Morgan fingerprint density at radius 2 is 1.75 bits per heavy atom. The molecule has 0 bridgehead atoms. The van der Waals surface area contributed by atoms with E-state index in [0.29, 0.717) is 22.5 Å². The second-order valence-corrected chi connectivity index (χ2v) is 9.90. The number of hydrogen-bond donors (Lipinski definition) is 1. The summed E-state index contributed by atoms with van der Waals surface area (Å²) >= 11 is 12.6. The van der Waals surface area contributed by atoms with Gasteiger partial charge in [-0.1, -0.05) is 43.1 Å². The number of methoxy groups -OCH3 is 1. The topological polar surface area (TPSA) is 41.6 Å². The summed E-state index contributed by atoms with van der Waals surface area (Å²) in [6.45, 7) is 10.9. The number of likely N-dealkylation sites (tertiary alicyclic amines) is 1. The monoisotopic (exact) mass is 476 g/mol. The molecule has 0 aromatic heterocycles. The standard InChI is InChI=1S/C26H34Cl2N2O2/c1-16(2)20-14-21(17(3)13-25(20)32-5)18(4)29-26(31)19-9-11-30(12-10-19)15-22-23(27)7-6-8-24(22)28/h6-8,13-14,16,18-19H,9-12,15H2,1-5H3,(H,29,31)/t18-/m1/s1. The summed E-state index contributed by atoms with van der Waals surface area (Å²) < 4.78 is 5.56. The van der Waals surface area contributed by atoms with Crippen LogP contribution in [0.1, 0.15) is 67.8 Å². The van der Waals surface area contributed by atoms with E-state index in [0.717, 1.165) is 48.4 Å². The van der Waals surface area contributed by atoms with Crippen molar-refractivity contribution in [3.05, 3.63) is 62.6 Å². The molecule has 3 rings (SSSR count). The maximum atomic E-state index is 13.0. The van der Waals surface area contributed by atoms with Crippen LogP contribution in [0.5, 0.6) is 5.75 Å². The van der Waals surface area contributed by atoms with Gasteiger partial charge in [0.25, 0.3) is 0 Å². The van der Waals surface area contributed by atoms with E-state index in [9.17, 15) is 4.79 Å². The molecule has 1 amide bonds. The number of amides is 1. The van der Waals surface area contributed by atoms with Crippen molar-refractivity contribution < 1.29 is 9.53 Å². The van der Waals surface area contributed by atoms with Gasteiger partial charge in [-0.05, 0) is 86.7 Å². The van der Waals surface area contributed by atoms with Gasteiger partial charge in [0, 0.05) is 28.1 Å². The van der Waals surface area contributed by atoms with Crippen LogP contribution < -0.4 is 10.1 Å². The SMILES string of the molecule is COc1cc(C)c([C@@H](C)NC(=O)C2CCN(Cc3c(Cl)cccc3Cl)CC2)cc1C(C)C. The van der Waals surface area contributed by atoms with Gasteiger partial charge in [-0.3, -0.25) is 9.69 Å². The second-order valence-electron chi connectivity index (χ2n) is 9.09. The lowest BCUT2D eigenvalue weighted by Crippen LogP contribution is -2.41. The van der Waals surface area contributed by atoms with Crippen LogP contribution in [0.25, 0.3) is 0 Å². The average molecular weight is 477 g/mol. The summed E-state index contributed by atoms with van der Waals surface area (Å²) in [4.78, 5) is 15.3. The lowest BCUT2D eigenvalue weighted by Gasteiger charge is -2.32. The molecule has 0 unspecified atom stereocenters. The number of nitrogens with one attached hydrogen (secondary N) is 1. The van der Waals surface area contributed by atoms with E-state index >= 15 is 0 Å². The molecule has 4 nitrogen and oxygen atoms in total. The van der Waals surface area contributed by atoms with Crippen molar-refractivity contribution in [1.29, 1.82) is 0 Å². The molecule has 0 aliphatic carbocycles. The molecule has 0 saturated carbocycles. The number of halogens is 2.